The lowest BCUT2D eigenvalue weighted by atomic mass is 10.4. The van der Waals surface area contributed by atoms with E-state index in [-0.39, 0.29) is 0 Å². The summed E-state index contributed by atoms with van der Waals surface area (Å²) in [4.78, 5) is 0.454. The number of benzene rings is 1. The lowest BCUT2D eigenvalue weighted by Crippen LogP contribution is -2.01. The molecule has 12 heavy (non-hydrogen) atoms. The third-order valence-electron chi connectivity index (χ3n) is 1.55. The van der Waals surface area contributed by atoms with Gasteiger partial charge in [-0.25, -0.2) is 13.0 Å². The van der Waals surface area contributed by atoms with E-state index in [1.165, 1.54) is 7.05 Å². The maximum Gasteiger partial charge on any atom is 0.177 e. The Morgan fingerprint density at radius 1 is 1.42 bits per heavy atom. The van der Waals surface area contributed by atoms with Crippen LogP contribution >= 0.6 is 0 Å². The van der Waals surface area contributed by atoms with Crippen molar-refractivity contribution in [1.82, 2.24) is 0 Å². The van der Waals surface area contributed by atoms with Gasteiger partial charge in [-0.05, 0) is 12.1 Å². The molecule has 0 saturated heterocycles. The molecule has 1 atom stereocenters. The molecule has 0 aromatic heterocycles. The molecule has 66 valence electrons. The molecule has 0 aliphatic rings. The molecule has 2 nitrogen and oxygen atoms in total. The van der Waals surface area contributed by atoms with E-state index in [4.69, 9.17) is 0 Å². The van der Waals surface area contributed by atoms with E-state index in [2.05, 4.69) is 4.36 Å². The zero-order chi connectivity index (χ0) is 9.03. The van der Waals surface area contributed by atoms with Crippen LogP contribution in [0.25, 0.3) is 0 Å². The molecule has 0 radical (unpaired) electrons. The number of alkyl halides is 1. The molecule has 1 unspecified atom stereocenters. The molecule has 1 rings (SSSR count). The minimum absolute atomic E-state index is 0.454. The van der Waals surface area contributed by atoms with Crippen LogP contribution in [0.5, 0.6) is 0 Å². The Bertz CT molecular complexity index is 355. The number of halogens is 1. The van der Waals surface area contributed by atoms with E-state index < -0.39 is 15.7 Å². The molecule has 0 saturated carbocycles. The van der Waals surface area contributed by atoms with Gasteiger partial charge in [0.25, 0.3) is 0 Å². The Morgan fingerprint density at radius 3 is 2.42 bits per heavy atom. The van der Waals surface area contributed by atoms with Gasteiger partial charge < -0.3 is 0 Å². The van der Waals surface area contributed by atoms with Gasteiger partial charge in [0.15, 0.2) is 6.01 Å². The van der Waals surface area contributed by atoms with Gasteiger partial charge in [0.2, 0.25) is 0 Å². The number of rotatable bonds is 2. The summed E-state index contributed by atoms with van der Waals surface area (Å²) < 4.78 is 27.5. The maximum absolute atomic E-state index is 12.4. The van der Waals surface area contributed by atoms with E-state index in [1.807, 2.05) is 0 Å². The lowest BCUT2D eigenvalue weighted by molar-refractivity contribution is 0.575. The fraction of sp³-hybridized carbons (Fsp3) is 0.250. The fourth-order valence-electron chi connectivity index (χ4n) is 0.850. The summed E-state index contributed by atoms with van der Waals surface area (Å²) in [5.74, 6) is 0. The van der Waals surface area contributed by atoms with Crippen molar-refractivity contribution in [3.05, 3.63) is 30.3 Å². The van der Waals surface area contributed by atoms with Crippen LogP contribution in [0.2, 0.25) is 0 Å². The molecule has 0 spiro atoms. The normalized spacial score (nSPS) is 15.2. The maximum atomic E-state index is 12.4. The van der Waals surface area contributed by atoms with Crippen LogP contribution in [-0.2, 0) is 9.73 Å². The summed E-state index contributed by atoms with van der Waals surface area (Å²) in [5.41, 5.74) is 0. The highest BCUT2D eigenvalue weighted by Gasteiger charge is 2.09. The molecule has 4 heteroatoms. The highest BCUT2D eigenvalue weighted by molar-refractivity contribution is 7.93. The van der Waals surface area contributed by atoms with E-state index in [0.717, 1.165) is 0 Å². The van der Waals surface area contributed by atoms with Gasteiger partial charge in [-0.2, -0.15) is 0 Å². The minimum atomic E-state index is -2.79. The predicted octanol–water partition coefficient (Wildman–Crippen LogP) is 2.07. The first-order chi connectivity index (χ1) is 5.73. The van der Waals surface area contributed by atoms with Crippen molar-refractivity contribution in [1.29, 1.82) is 0 Å². The zero-order valence-electron chi connectivity index (χ0n) is 6.74. The number of hydrogen-bond donors (Lipinski definition) is 0. The van der Waals surface area contributed by atoms with Crippen molar-refractivity contribution >= 4 is 9.73 Å². The monoisotopic (exact) mass is 187 g/mol. The molecule has 0 heterocycles. The van der Waals surface area contributed by atoms with Gasteiger partial charge in [0.05, 0.1) is 4.90 Å². The van der Waals surface area contributed by atoms with Gasteiger partial charge in [0, 0.05) is 7.05 Å². The van der Waals surface area contributed by atoms with Crippen LogP contribution in [0, 0.1) is 0 Å². The molecular weight excluding hydrogens is 177 g/mol. The van der Waals surface area contributed by atoms with Gasteiger partial charge >= 0.3 is 0 Å². The van der Waals surface area contributed by atoms with Gasteiger partial charge in [-0.1, -0.05) is 18.2 Å². The quantitative estimate of drug-likeness (QED) is 0.697. The molecule has 1 aromatic carbocycles. The first kappa shape index (κ1) is 9.19. The third kappa shape index (κ3) is 1.64. The topological polar surface area (TPSA) is 29.4 Å². The highest BCUT2D eigenvalue weighted by atomic mass is 32.2. The van der Waals surface area contributed by atoms with Crippen LogP contribution in [0.3, 0.4) is 0 Å². The number of hydrogen-bond acceptors (Lipinski definition) is 2. The molecule has 0 aliphatic carbocycles. The van der Waals surface area contributed by atoms with Crippen LogP contribution in [0.1, 0.15) is 0 Å². The van der Waals surface area contributed by atoms with Crippen molar-refractivity contribution < 1.29 is 8.60 Å². The third-order valence-corrected chi connectivity index (χ3v) is 3.45. The molecule has 0 bridgehead atoms. The minimum Gasteiger partial charge on any atom is -0.242 e. The summed E-state index contributed by atoms with van der Waals surface area (Å²) >= 11 is 0. The lowest BCUT2D eigenvalue weighted by Gasteiger charge is -2.02. The predicted molar refractivity (Wildman–Crippen MR) is 47.2 cm³/mol. The smallest absolute Gasteiger partial charge is 0.177 e. The Labute approximate surface area is 71.6 Å². The standard InChI is InChI=1S/C8H10FNOS/c1-10-12(11,7-9)8-5-3-2-4-6-8/h2-6H,7H2,1H3. The summed E-state index contributed by atoms with van der Waals surface area (Å²) in [6.07, 6.45) is 0. The van der Waals surface area contributed by atoms with Crippen molar-refractivity contribution in [3.8, 4) is 0 Å². The van der Waals surface area contributed by atoms with Crippen LogP contribution < -0.4 is 0 Å². The molecule has 1 aromatic rings. The van der Waals surface area contributed by atoms with E-state index >= 15 is 0 Å². The molecular formula is C8H10FNOS. The average molecular weight is 187 g/mol. The van der Waals surface area contributed by atoms with Crippen LogP contribution in [-0.4, -0.2) is 17.3 Å². The zero-order valence-corrected chi connectivity index (χ0v) is 7.55. The van der Waals surface area contributed by atoms with E-state index in [9.17, 15) is 8.60 Å². The molecule has 0 fully saturated rings. The van der Waals surface area contributed by atoms with Gasteiger partial charge in [-0.15, -0.1) is 0 Å². The summed E-state index contributed by atoms with van der Waals surface area (Å²) in [6, 6.07) is 7.54. The highest BCUT2D eigenvalue weighted by Crippen LogP contribution is 2.12. The van der Waals surface area contributed by atoms with Gasteiger partial charge in [-0.3, -0.25) is 0 Å². The van der Waals surface area contributed by atoms with Crippen molar-refractivity contribution in [3.63, 3.8) is 0 Å². The van der Waals surface area contributed by atoms with Crippen molar-refractivity contribution in [2.24, 2.45) is 4.36 Å². The van der Waals surface area contributed by atoms with E-state index in [1.54, 1.807) is 30.3 Å². The van der Waals surface area contributed by atoms with Gasteiger partial charge in [0.1, 0.15) is 9.73 Å². The SMILES string of the molecule is CN=S(=O)(CF)c1ccccc1. The second-order valence-electron chi connectivity index (χ2n) is 2.25. The Hall–Kier alpha value is -0.900. The fourth-order valence-corrected chi connectivity index (χ4v) is 1.87. The molecule has 0 N–H and O–H groups in total. The first-order valence-electron chi connectivity index (χ1n) is 3.47. The summed E-state index contributed by atoms with van der Waals surface area (Å²) in [6.45, 7) is 0. The summed E-state index contributed by atoms with van der Waals surface area (Å²) in [5, 5.41) is 0. The van der Waals surface area contributed by atoms with Crippen LogP contribution in [0.4, 0.5) is 4.39 Å². The Kier molecular flexibility index (Phi) is 2.81. The second-order valence-corrected chi connectivity index (χ2v) is 4.58. The number of nitrogens with zero attached hydrogens (tertiary/aromatic N) is 1. The van der Waals surface area contributed by atoms with Crippen molar-refractivity contribution in [2.45, 2.75) is 4.90 Å². The van der Waals surface area contributed by atoms with E-state index in [0.29, 0.717) is 4.90 Å². The molecule has 0 amide bonds. The second kappa shape index (κ2) is 3.67. The first-order valence-corrected chi connectivity index (χ1v) is 5.15. The summed E-state index contributed by atoms with van der Waals surface area (Å²) in [7, 11) is -1.42. The largest absolute Gasteiger partial charge is 0.242 e. The Morgan fingerprint density at radius 2 is 2.00 bits per heavy atom. The molecule has 0 aliphatic heterocycles. The van der Waals surface area contributed by atoms with Crippen molar-refractivity contribution in [2.75, 3.05) is 13.1 Å². The Balaban J connectivity index is 3.24. The average Bonchev–Trinajstić information content (AvgIpc) is 2.18. The van der Waals surface area contributed by atoms with Crippen LogP contribution in [0.15, 0.2) is 39.6 Å².